The molecule has 4 heteroatoms. The van der Waals surface area contributed by atoms with E-state index in [1.807, 2.05) is 60.7 Å². The maximum atomic E-state index is 11.3. The third kappa shape index (κ3) is 4.88. The van der Waals surface area contributed by atoms with Crippen molar-refractivity contribution in [3.05, 3.63) is 65.7 Å². The van der Waals surface area contributed by atoms with Gasteiger partial charge in [-0.25, -0.2) is 0 Å². The minimum Gasteiger partial charge on any atom is -0.497 e. The maximum absolute atomic E-state index is 11.3. The molecule has 0 aliphatic rings. The summed E-state index contributed by atoms with van der Waals surface area (Å²) in [5.74, 6) is 1.23. The van der Waals surface area contributed by atoms with Crippen LogP contribution in [0.1, 0.15) is 24.2 Å². The third-order valence-corrected chi connectivity index (χ3v) is 3.32. The minimum absolute atomic E-state index is 0.329. The van der Waals surface area contributed by atoms with E-state index in [1.165, 1.54) is 6.92 Å². The molecule has 0 spiro atoms. The Bertz CT molecular complexity index is 657. The van der Waals surface area contributed by atoms with Gasteiger partial charge in [0, 0.05) is 6.92 Å². The fourth-order valence-corrected chi connectivity index (χ4v) is 2.10. The molecule has 4 nitrogen and oxygen atoms in total. The van der Waals surface area contributed by atoms with E-state index in [9.17, 15) is 4.79 Å². The Hall–Kier alpha value is -2.75. The molecule has 0 aliphatic carbocycles. The Labute approximate surface area is 136 Å². The summed E-state index contributed by atoms with van der Waals surface area (Å²) in [6.07, 6.45) is 3.32. The zero-order chi connectivity index (χ0) is 16.7. The van der Waals surface area contributed by atoms with Crippen LogP contribution in [0, 0.1) is 0 Å². The van der Waals surface area contributed by atoms with Crippen LogP contribution in [-0.2, 0) is 9.53 Å². The van der Waals surface area contributed by atoms with Gasteiger partial charge in [-0.3, -0.25) is 4.79 Å². The van der Waals surface area contributed by atoms with Crippen molar-refractivity contribution < 1.29 is 19.0 Å². The molecule has 23 heavy (non-hydrogen) atoms. The summed E-state index contributed by atoms with van der Waals surface area (Å²) in [7, 11) is 3.24. The molecule has 0 heterocycles. The van der Waals surface area contributed by atoms with Gasteiger partial charge in [0.15, 0.2) is 0 Å². The van der Waals surface area contributed by atoms with Gasteiger partial charge in [0.2, 0.25) is 0 Å². The number of rotatable bonds is 6. The average Bonchev–Trinajstić information content (AvgIpc) is 2.59. The summed E-state index contributed by atoms with van der Waals surface area (Å²) in [6, 6.07) is 15.1. The van der Waals surface area contributed by atoms with Gasteiger partial charge in [-0.2, -0.15) is 0 Å². The smallest absolute Gasteiger partial charge is 0.303 e. The van der Waals surface area contributed by atoms with Crippen molar-refractivity contribution in [2.24, 2.45) is 0 Å². The van der Waals surface area contributed by atoms with E-state index in [0.717, 1.165) is 22.6 Å². The van der Waals surface area contributed by atoms with Gasteiger partial charge in [-0.1, -0.05) is 30.3 Å². The van der Waals surface area contributed by atoms with E-state index in [0.29, 0.717) is 0 Å². The number of carbonyl (C=O) groups excluding carboxylic acids is 1. The van der Waals surface area contributed by atoms with E-state index in [2.05, 4.69) is 0 Å². The Morgan fingerprint density at radius 2 is 1.43 bits per heavy atom. The zero-order valence-corrected chi connectivity index (χ0v) is 13.5. The first-order chi connectivity index (χ1) is 11.1. The van der Waals surface area contributed by atoms with Crippen LogP contribution in [-0.4, -0.2) is 20.2 Å². The average molecular weight is 312 g/mol. The first kappa shape index (κ1) is 16.6. The van der Waals surface area contributed by atoms with Crippen molar-refractivity contribution in [3.8, 4) is 11.5 Å². The summed E-state index contributed by atoms with van der Waals surface area (Å²) in [6.45, 7) is 1.40. The lowest BCUT2D eigenvalue weighted by atomic mass is 10.1. The van der Waals surface area contributed by atoms with Gasteiger partial charge in [-0.15, -0.1) is 0 Å². The van der Waals surface area contributed by atoms with Gasteiger partial charge in [0.05, 0.1) is 14.2 Å². The molecule has 0 saturated carbocycles. The number of hydrogen-bond acceptors (Lipinski definition) is 4. The van der Waals surface area contributed by atoms with Crippen molar-refractivity contribution in [3.63, 3.8) is 0 Å². The summed E-state index contributed by atoms with van der Waals surface area (Å²) in [5.41, 5.74) is 1.88. The van der Waals surface area contributed by atoms with E-state index < -0.39 is 6.10 Å². The van der Waals surface area contributed by atoms with Gasteiger partial charge >= 0.3 is 5.97 Å². The molecular formula is C19H20O4. The molecule has 0 fully saturated rings. The van der Waals surface area contributed by atoms with Crippen LogP contribution in [0.5, 0.6) is 11.5 Å². The molecule has 0 aromatic heterocycles. The number of esters is 1. The van der Waals surface area contributed by atoms with Gasteiger partial charge < -0.3 is 14.2 Å². The molecule has 0 amide bonds. The summed E-state index contributed by atoms with van der Waals surface area (Å²) >= 11 is 0. The van der Waals surface area contributed by atoms with Crippen LogP contribution in [0.4, 0.5) is 0 Å². The molecule has 2 rings (SSSR count). The molecule has 120 valence electrons. The lowest BCUT2D eigenvalue weighted by Gasteiger charge is -2.14. The first-order valence-electron chi connectivity index (χ1n) is 7.26. The van der Waals surface area contributed by atoms with E-state index in [4.69, 9.17) is 14.2 Å². The second kappa shape index (κ2) is 8.03. The number of ether oxygens (including phenoxy) is 3. The molecule has 0 aliphatic heterocycles. The summed E-state index contributed by atoms with van der Waals surface area (Å²) in [5, 5.41) is 0. The van der Waals surface area contributed by atoms with Gasteiger partial charge in [0.1, 0.15) is 17.6 Å². The predicted molar refractivity (Wildman–Crippen MR) is 89.5 cm³/mol. The third-order valence-electron chi connectivity index (χ3n) is 3.32. The Morgan fingerprint density at radius 1 is 0.913 bits per heavy atom. The van der Waals surface area contributed by atoms with Crippen LogP contribution in [0.3, 0.4) is 0 Å². The van der Waals surface area contributed by atoms with Gasteiger partial charge in [0.25, 0.3) is 0 Å². The molecule has 0 saturated heterocycles. The van der Waals surface area contributed by atoms with Gasteiger partial charge in [-0.05, 0) is 41.5 Å². The second-order valence-electron chi connectivity index (χ2n) is 4.94. The number of carbonyl (C=O) groups is 1. The molecule has 2 aromatic carbocycles. The molecule has 0 N–H and O–H groups in total. The van der Waals surface area contributed by atoms with E-state index >= 15 is 0 Å². The molecule has 0 bridgehead atoms. The highest BCUT2D eigenvalue weighted by molar-refractivity contribution is 5.67. The topological polar surface area (TPSA) is 44.8 Å². The monoisotopic (exact) mass is 312 g/mol. The standard InChI is InChI=1S/C19H20O4/c1-14(20)23-19(16-7-11-18(22-3)12-8-16)13-6-15-4-9-17(21-2)10-5-15/h4-13,19H,1-3H3/b13-6+. The lowest BCUT2D eigenvalue weighted by molar-refractivity contribution is -0.144. The molecule has 0 radical (unpaired) electrons. The predicted octanol–water partition coefficient (Wildman–Crippen LogP) is 4.02. The van der Waals surface area contributed by atoms with Crippen molar-refractivity contribution in [1.29, 1.82) is 0 Å². The number of methoxy groups -OCH3 is 2. The molecule has 1 unspecified atom stereocenters. The maximum Gasteiger partial charge on any atom is 0.303 e. The Morgan fingerprint density at radius 3 is 1.91 bits per heavy atom. The number of hydrogen-bond donors (Lipinski definition) is 0. The highest BCUT2D eigenvalue weighted by Crippen LogP contribution is 2.23. The zero-order valence-electron chi connectivity index (χ0n) is 13.5. The molecule has 2 aromatic rings. The van der Waals surface area contributed by atoms with Crippen molar-refractivity contribution in [1.82, 2.24) is 0 Å². The van der Waals surface area contributed by atoms with E-state index in [-0.39, 0.29) is 5.97 Å². The largest absolute Gasteiger partial charge is 0.497 e. The Balaban J connectivity index is 2.19. The fourth-order valence-electron chi connectivity index (χ4n) is 2.10. The van der Waals surface area contributed by atoms with Crippen molar-refractivity contribution >= 4 is 12.0 Å². The van der Waals surface area contributed by atoms with Crippen LogP contribution < -0.4 is 9.47 Å². The van der Waals surface area contributed by atoms with Crippen molar-refractivity contribution in [2.45, 2.75) is 13.0 Å². The second-order valence-corrected chi connectivity index (χ2v) is 4.94. The quantitative estimate of drug-likeness (QED) is 0.756. The van der Waals surface area contributed by atoms with Crippen LogP contribution in [0.25, 0.3) is 6.08 Å². The van der Waals surface area contributed by atoms with Crippen LogP contribution in [0.2, 0.25) is 0 Å². The SMILES string of the molecule is COc1ccc(/C=C/C(OC(C)=O)c2ccc(OC)cc2)cc1. The molecule has 1 atom stereocenters. The molecular weight excluding hydrogens is 292 g/mol. The Kier molecular flexibility index (Phi) is 5.80. The summed E-state index contributed by atoms with van der Waals surface area (Å²) < 4.78 is 15.7. The van der Waals surface area contributed by atoms with Crippen LogP contribution in [0.15, 0.2) is 54.6 Å². The van der Waals surface area contributed by atoms with Crippen LogP contribution >= 0.6 is 0 Å². The fraction of sp³-hybridized carbons (Fsp3) is 0.211. The summed E-state index contributed by atoms with van der Waals surface area (Å²) in [4.78, 5) is 11.3. The highest BCUT2D eigenvalue weighted by Gasteiger charge is 2.11. The minimum atomic E-state index is -0.444. The van der Waals surface area contributed by atoms with Crippen molar-refractivity contribution in [2.75, 3.05) is 14.2 Å². The number of benzene rings is 2. The normalized spacial score (nSPS) is 12.0. The lowest BCUT2D eigenvalue weighted by Crippen LogP contribution is -2.06. The van der Waals surface area contributed by atoms with E-state index in [1.54, 1.807) is 14.2 Å². The highest BCUT2D eigenvalue weighted by atomic mass is 16.5. The first-order valence-corrected chi connectivity index (χ1v) is 7.26.